The van der Waals surface area contributed by atoms with Crippen LogP contribution in [0.2, 0.25) is 0 Å². The molecule has 0 unspecified atom stereocenters. The van der Waals surface area contributed by atoms with E-state index in [0.29, 0.717) is 4.47 Å². The lowest BCUT2D eigenvalue weighted by molar-refractivity contribution is -0.0324. The topological polar surface area (TPSA) is 95.8 Å². The van der Waals surface area contributed by atoms with Gasteiger partial charge in [-0.05, 0) is 31.2 Å². The monoisotopic (exact) mass is 576 g/mol. The van der Waals surface area contributed by atoms with E-state index in [-0.39, 0.29) is 28.1 Å². The summed E-state index contributed by atoms with van der Waals surface area (Å²) < 4.78 is 90.9. The van der Waals surface area contributed by atoms with Crippen molar-refractivity contribution in [3.05, 3.63) is 46.4 Å². The van der Waals surface area contributed by atoms with Crippen molar-refractivity contribution in [2.45, 2.75) is 24.9 Å². The van der Waals surface area contributed by atoms with E-state index < -0.39 is 64.3 Å². The Labute approximate surface area is 205 Å². The highest BCUT2D eigenvalue weighted by Crippen LogP contribution is 2.44. The van der Waals surface area contributed by atoms with Crippen LogP contribution < -0.4 is 9.62 Å². The van der Waals surface area contributed by atoms with Gasteiger partial charge in [-0.1, -0.05) is 27.2 Å². The van der Waals surface area contributed by atoms with Crippen LogP contribution in [-0.2, 0) is 10.0 Å². The van der Waals surface area contributed by atoms with Crippen molar-refractivity contribution in [3.8, 4) is 11.1 Å². The minimum atomic E-state index is -3.94. The van der Waals surface area contributed by atoms with Crippen LogP contribution >= 0.6 is 15.9 Å². The summed E-state index contributed by atoms with van der Waals surface area (Å²) in [6.45, 7) is 0.225. The van der Waals surface area contributed by atoms with Gasteiger partial charge in [0.25, 0.3) is 5.92 Å². The van der Waals surface area contributed by atoms with Gasteiger partial charge in [0.1, 0.15) is 23.7 Å². The number of carbonyl (C=O) groups excluding carboxylic acids is 1. The number of nitrogens with zero attached hydrogens (tertiary/aromatic N) is 3. The third-order valence-electron chi connectivity index (χ3n) is 6.21. The van der Waals surface area contributed by atoms with Gasteiger partial charge in [-0.2, -0.15) is 0 Å². The number of amides is 2. The van der Waals surface area contributed by atoms with Gasteiger partial charge in [0.15, 0.2) is 11.4 Å². The normalized spacial score (nSPS) is 21.8. The fraction of sp³-hybridized carbons (Fsp3) is 0.333. The summed E-state index contributed by atoms with van der Waals surface area (Å²) in [4.78, 5) is 15.0. The first-order valence-electron chi connectivity index (χ1n) is 10.4. The third-order valence-corrected chi connectivity index (χ3v) is 8.07. The van der Waals surface area contributed by atoms with Crippen molar-refractivity contribution in [1.29, 1.82) is 0 Å². The number of hydrogen-bond acceptors (Lipinski definition) is 5. The number of rotatable bonds is 5. The number of halogens is 5. The maximum atomic E-state index is 15.1. The molecule has 8 nitrogen and oxygen atoms in total. The number of aromatic nitrogens is 1. The highest BCUT2D eigenvalue weighted by Gasteiger charge is 2.63. The minimum absolute atomic E-state index is 0.0152. The molecular formula is C21H17BrF4N4O4S. The number of sulfonamides is 1. The van der Waals surface area contributed by atoms with Crippen molar-refractivity contribution in [2.24, 2.45) is 0 Å². The van der Waals surface area contributed by atoms with Gasteiger partial charge >= 0.3 is 6.03 Å². The number of benzene rings is 2. The van der Waals surface area contributed by atoms with Gasteiger partial charge in [-0.25, -0.2) is 35.5 Å². The Kier molecular flexibility index (Phi) is 5.60. The SMILES string of the molecule is CCS(=O)(=O)N[C@@H]1CN2C(=O)N(c3noc4cc(Br)cc(-c5c(F)cccc5F)c34)C[C@@H]2C1(F)F. The Bertz CT molecular complexity index is 1440. The Hall–Kier alpha value is -2.71. The molecule has 0 bridgehead atoms. The van der Waals surface area contributed by atoms with Gasteiger partial charge in [0.2, 0.25) is 10.0 Å². The summed E-state index contributed by atoms with van der Waals surface area (Å²) in [6, 6.07) is 1.93. The summed E-state index contributed by atoms with van der Waals surface area (Å²) in [6.07, 6.45) is 0. The van der Waals surface area contributed by atoms with Gasteiger partial charge in [-0.3, -0.25) is 4.90 Å². The third kappa shape index (κ3) is 3.78. The van der Waals surface area contributed by atoms with Gasteiger partial charge < -0.3 is 9.42 Å². The van der Waals surface area contributed by atoms with Crippen molar-refractivity contribution < 1.29 is 35.3 Å². The molecule has 2 amide bonds. The molecule has 0 aliphatic carbocycles. The molecule has 1 aromatic heterocycles. The second kappa shape index (κ2) is 8.17. The molecule has 2 fully saturated rings. The molecule has 35 heavy (non-hydrogen) atoms. The lowest BCUT2D eigenvalue weighted by Gasteiger charge is -2.23. The molecule has 0 spiro atoms. The molecule has 2 aromatic carbocycles. The van der Waals surface area contributed by atoms with E-state index in [1.165, 1.54) is 25.1 Å². The molecule has 5 rings (SSSR count). The zero-order valence-electron chi connectivity index (χ0n) is 17.9. The Morgan fingerprint density at radius 2 is 1.91 bits per heavy atom. The van der Waals surface area contributed by atoms with E-state index >= 15 is 8.78 Å². The number of urea groups is 1. The molecule has 2 saturated heterocycles. The molecule has 2 aliphatic rings. The first-order valence-corrected chi connectivity index (χ1v) is 12.9. The van der Waals surface area contributed by atoms with Crippen LogP contribution in [0.1, 0.15) is 6.92 Å². The van der Waals surface area contributed by atoms with Gasteiger partial charge in [0.05, 0.1) is 23.2 Å². The number of hydrogen-bond donors (Lipinski definition) is 1. The van der Waals surface area contributed by atoms with Crippen molar-refractivity contribution in [3.63, 3.8) is 0 Å². The lowest BCUT2D eigenvalue weighted by Crippen LogP contribution is -2.51. The predicted molar refractivity (Wildman–Crippen MR) is 122 cm³/mol. The van der Waals surface area contributed by atoms with Gasteiger partial charge in [-0.15, -0.1) is 0 Å². The second-order valence-electron chi connectivity index (χ2n) is 8.24. The molecule has 2 atom stereocenters. The Balaban J connectivity index is 1.57. The molecule has 3 heterocycles. The summed E-state index contributed by atoms with van der Waals surface area (Å²) in [5, 5.41) is 3.93. The van der Waals surface area contributed by atoms with Crippen molar-refractivity contribution in [1.82, 2.24) is 14.8 Å². The van der Waals surface area contributed by atoms with E-state index in [4.69, 9.17) is 4.52 Å². The highest BCUT2D eigenvalue weighted by molar-refractivity contribution is 9.10. The van der Waals surface area contributed by atoms with E-state index in [1.54, 1.807) is 0 Å². The first-order chi connectivity index (χ1) is 16.4. The Morgan fingerprint density at radius 1 is 1.23 bits per heavy atom. The average Bonchev–Trinajstić information content (AvgIpc) is 3.40. The van der Waals surface area contributed by atoms with Crippen LogP contribution in [0.25, 0.3) is 22.1 Å². The molecule has 2 aliphatic heterocycles. The fourth-order valence-corrected chi connectivity index (χ4v) is 5.74. The molecule has 1 N–H and O–H groups in total. The van der Waals surface area contributed by atoms with Gasteiger partial charge in [0, 0.05) is 16.6 Å². The molecule has 14 heteroatoms. The largest absolute Gasteiger partial charge is 0.354 e. The first kappa shape index (κ1) is 24.0. The zero-order chi connectivity index (χ0) is 25.3. The summed E-state index contributed by atoms with van der Waals surface area (Å²) in [5.41, 5.74) is -0.302. The number of carbonyl (C=O) groups is 1. The molecule has 0 radical (unpaired) electrons. The predicted octanol–water partition coefficient (Wildman–Crippen LogP) is 4.10. The van der Waals surface area contributed by atoms with Crippen LogP contribution in [0.4, 0.5) is 28.2 Å². The summed E-state index contributed by atoms with van der Waals surface area (Å²) in [7, 11) is -3.94. The maximum absolute atomic E-state index is 15.1. The average molecular weight is 577 g/mol. The van der Waals surface area contributed by atoms with Crippen LogP contribution in [0, 0.1) is 11.6 Å². The van der Waals surface area contributed by atoms with Crippen LogP contribution in [-0.4, -0.2) is 61.4 Å². The zero-order valence-corrected chi connectivity index (χ0v) is 20.3. The summed E-state index contributed by atoms with van der Waals surface area (Å²) >= 11 is 3.25. The van der Waals surface area contributed by atoms with Crippen LogP contribution in [0.15, 0.2) is 39.3 Å². The number of anilines is 1. The molecular weight excluding hydrogens is 560 g/mol. The van der Waals surface area contributed by atoms with E-state index in [1.807, 2.05) is 4.72 Å². The smallest absolute Gasteiger partial charge is 0.326 e. The molecule has 186 valence electrons. The lowest BCUT2D eigenvalue weighted by atomic mass is 10.00. The Morgan fingerprint density at radius 3 is 2.54 bits per heavy atom. The molecule has 3 aromatic rings. The standard InChI is InChI=1S/C21H17BrF4N4O4S/c1-2-35(32,33)28-15-8-29-16(21(15,25)26)9-30(20(29)31)19-18-11(6-10(22)7-14(18)34-27-19)17-12(23)4-3-5-13(17)24/h3-7,15-16,28H,2,8-9H2,1H3/t15-,16-/m1/s1. The van der Waals surface area contributed by atoms with Crippen LogP contribution in [0.3, 0.4) is 0 Å². The quantitative estimate of drug-likeness (QED) is 0.461. The number of nitrogens with one attached hydrogen (secondary N) is 1. The van der Waals surface area contributed by atoms with E-state index in [9.17, 15) is 22.0 Å². The highest BCUT2D eigenvalue weighted by atomic mass is 79.9. The van der Waals surface area contributed by atoms with Crippen LogP contribution in [0.5, 0.6) is 0 Å². The maximum Gasteiger partial charge on any atom is 0.326 e. The minimum Gasteiger partial charge on any atom is -0.354 e. The number of alkyl halides is 2. The van der Waals surface area contributed by atoms with E-state index in [2.05, 4.69) is 21.1 Å². The fourth-order valence-electron chi connectivity index (χ4n) is 4.48. The van der Waals surface area contributed by atoms with E-state index in [0.717, 1.165) is 21.9 Å². The second-order valence-corrected chi connectivity index (χ2v) is 11.2. The summed E-state index contributed by atoms with van der Waals surface area (Å²) in [5.74, 6) is -5.88. The number of fused-ring (bicyclic) bond motifs is 2. The van der Waals surface area contributed by atoms with Crippen molar-refractivity contribution in [2.75, 3.05) is 23.7 Å². The molecule has 0 saturated carbocycles. The van der Waals surface area contributed by atoms with Crippen molar-refractivity contribution >= 4 is 48.8 Å².